The number of fused-ring (bicyclic) bond motifs is 1. The van der Waals surface area contributed by atoms with Gasteiger partial charge in [-0.2, -0.15) is 0 Å². The number of carbonyl (C=O) groups excluding carboxylic acids is 2. The Hall–Kier alpha value is -3.41. The highest BCUT2D eigenvalue weighted by atomic mass is 16.2. The van der Waals surface area contributed by atoms with Crippen LogP contribution in [0.4, 0.5) is 21.9 Å². The molecule has 6 nitrogen and oxygen atoms in total. The number of benzene rings is 2. The zero-order chi connectivity index (χ0) is 20.6. The molecule has 2 aromatic carbocycles. The summed E-state index contributed by atoms with van der Waals surface area (Å²) in [5.74, 6) is 0.0110. The van der Waals surface area contributed by atoms with Crippen LogP contribution in [0.25, 0.3) is 10.9 Å². The lowest BCUT2D eigenvalue weighted by molar-refractivity contribution is -0.116. The molecule has 6 heteroatoms. The van der Waals surface area contributed by atoms with E-state index in [-0.39, 0.29) is 11.9 Å². The predicted molar refractivity (Wildman–Crippen MR) is 118 cm³/mol. The summed E-state index contributed by atoms with van der Waals surface area (Å²) in [4.78, 5) is 28.8. The highest BCUT2D eigenvalue weighted by Gasteiger charge is 2.08. The number of hydrogen-bond acceptors (Lipinski definition) is 3. The van der Waals surface area contributed by atoms with Crippen LogP contribution in [0.15, 0.2) is 54.6 Å². The molecule has 3 amide bonds. The SMILES string of the molecule is CCCCCC(=O)Nc1ccc(NC(=O)Nc2cc(C)nc3ccccc23)cc1. The van der Waals surface area contributed by atoms with Crippen LogP contribution in [-0.4, -0.2) is 16.9 Å². The summed E-state index contributed by atoms with van der Waals surface area (Å²) in [5, 5.41) is 9.46. The van der Waals surface area contributed by atoms with Crippen molar-refractivity contribution >= 4 is 39.9 Å². The van der Waals surface area contributed by atoms with Crippen molar-refractivity contribution in [1.29, 1.82) is 0 Å². The fourth-order valence-electron chi connectivity index (χ4n) is 3.09. The highest BCUT2D eigenvalue weighted by molar-refractivity contribution is 6.05. The van der Waals surface area contributed by atoms with Crippen LogP contribution in [0, 0.1) is 6.92 Å². The molecule has 150 valence electrons. The number of amides is 3. The third kappa shape index (κ3) is 5.78. The molecule has 0 unspecified atom stereocenters. The van der Waals surface area contributed by atoms with E-state index in [9.17, 15) is 9.59 Å². The summed E-state index contributed by atoms with van der Waals surface area (Å²) in [6.07, 6.45) is 3.56. The second kappa shape index (κ2) is 9.68. The Kier molecular flexibility index (Phi) is 6.79. The lowest BCUT2D eigenvalue weighted by Crippen LogP contribution is -2.19. The molecule has 0 radical (unpaired) electrons. The van der Waals surface area contributed by atoms with Crippen molar-refractivity contribution in [1.82, 2.24) is 4.98 Å². The largest absolute Gasteiger partial charge is 0.326 e. The number of unbranched alkanes of at least 4 members (excludes halogenated alkanes) is 2. The number of aryl methyl sites for hydroxylation is 1. The van der Waals surface area contributed by atoms with Crippen molar-refractivity contribution in [2.45, 2.75) is 39.5 Å². The van der Waals surface area contributed by atoms with E-state index in [1.807, 2.05) is 37.3 Å². The topological polar surface area (TPSA) is 83.1 Å². The number of para-hydroxylation sites is 1. The van der Waals surface area contributed by atoms with Crippen molar-refractivity contribution in [3.63, 3.8) is 0 Å². The van der Waals surface area contributed by atoms with Gasteiger partial charge < -0.3 is 16.0 Å². The van der Waals surface area contributed by atoms with Crippen molar-refractivity contribution in [3.05, 3.63) is 60.3 Å². The summed E-state index contributed by atoms with van der Waals surface area (Å²) in [7, 11) is 0. The molecule has 0 spiro atoms. The van der Waals surface area contributed by atoms with Gasteiger partial charge in [-0.25, -0.2) is 4.79 Å². The Bertz CT molecular complexity index is 999. The molecule has 0 saturated carbocycles. The molecule has 0 aliphatic carbocycles. The first-order chi connectivity index (χ1) is 14.0. The zero-order valence-corrected chi connectivity index (χ0v) is 16.8. The quantitative estimate of drug-likeness (QED) is 0.452. The third-order valence-electron chi connectivity index (χ3n) is 4.53. The Labute approximate surface area is 170 Å². The van der Waals surface area contributed by atoms with Gasteiger partial charge >= 0.3 is 6.03 Å². The molecular formula is C23H26N4O2. The third-order valence-corrected chi connectivity index (χ3v) is 4.53. The highest BCUT2D eigenvalue weighted by Crippen LogP contribution is 2.23. The number of nitrogens with zero attached hydrogens (tertiary/aromatic N) is 1. The summed E-state index contributed by atoms with van der Waals surface area (Å²) in [6, 6.07) is 16.3. The Morgan fingerprint density at radius 3 is 2.31 bits per heavy atom. The van der Waals surface area contributed by atoms with Crippen LogP contribution in [0.2, 0.25) is 0 Å². The fourth-order valence-corrected chi connectivity index (χ4v) is 3.09. The fraction of sp³-hybridized carbons (Fsp3) is 0.261. The normalized spacial score (nSPS) is 10.6. The molecule has 0 aliphatic heterocycles. The van der Waals surface area contributed by atoms with Crippen molar-refractivity contribution in [3.8, 4) is 0 Å². The summed E-state index contributed by atoms with van der Waals surface area (Å²) < 4.78 is 0. The van der Waals surface area contributed by atoms with Gasteiger partial charge in [-0.15, -0.1) is 0 Å². The molecule has 1 heterocycles. The smallest absolute Gasteiger partial charge is 0.323 e. The van der Waals surface area contributed by atoms with E-state index in [0.717, 1.165) is 35.9 Å². The number of pyridine rings is 1. The first-order valence-electron chi connectivity index (χ1n) is 9.89. The van der Waals surface area contributed by atoms with Gasteiger partial charge in [0.2, 0.25) is 5.91 Å². The van der Waals surface area contributed by atoms with E-state index in [1.54, 1.807) is 24.3 Å². The van der Waals surface area contributed by atoms with Gasteiger partial charge in [-0.05, 0) is 49.7 Å². The standard InChI is InChI=1S/C23H26N4O2/c1-3-4-5-10-22(28)25-17-11-13-18(14-12-17)26-23(29)27-21-15-16(2)24-20-9-7-6-8-19(20)21/h6-9,11-15H,3-5,10H2,1-2H3,(H,25,28)(H2,24,26,27,29). The molecule has 0 aliphatic rings. The van der Waals surface area contributed by atoms with Crippen LogP contribution in [-0.2, 0) is 4.79 Å². The maximum Gasteiger partial charge on any atom is 0.323 e. The summed E-state index contributed by atoms with van der Waals surface area (Å²) in [5.41, 5.74) is 3.73. The van der Waals surface area contributed by atoms with E-state index in [1.165, 1.54) is 0 Å². The Morgan fingerprint density at radius 2 is 1.59 bits per heavy atom. The molecule has 29 heavy (non-hydrogen) atoms. The second-order valence-electron chi connectivity index (χ2n) is 6.99. The molecule has 0 bridgehead atoms. The van der Waals surface area contributed by atoms with E-state index < -0.39 is 0 Å². The van der Waals surface area contributed by atoms with E-state index in [0.29, 0.717) is 23.5 Å². The van der Waals surface area contributed by atoms with Gasteiger partial charge in [-0.1, -0.05) is 38.0 Å². The number of anilines is 3. The minimum absolute atomic E-state index is 0.0110. The van der Waals surface area contributed by atoms with Gasteiger partial charge in [0.05, 0.1) is 11.2 Å². The first kappa shape index (κ1) is 20.3. The lowest BCUT2D eigenvalue weighted by atomic mass is 10.1. The summed E-state index contributed by atoms with van der Waals surface area (Å²) >= 11 is 0. The number of hydrogen-bond donors (Lipinski definition) is 3. The lowest BCUT2D eigenvalue weighted by Gasteiger charge is -2.11. The number of urea groups is 1. The van der Waals surface area contributed by atoms with Crippen LogP contribution < -0.4 is 16.0 Å². The molecule has 0 saturated heterocycles. The van der Waals surface area contributed by atoms with Crippen LogP contribution in [0.1, 0.15) is 38.3 Å². The minimum atomic E-state index is -0.336. The Balaban J connectivity index is 1.59. The molecule has 3 aromatic rings. The number of rotatable bonds is 7. The van der Waals surface area contributed by atoms with Crippen LogP contribution in [0.5, 0.6) is 0 Å². The van der Waals surface area contributed by atoms with Crippen molar-refractivity contribution in [2.75, 3.05) is 16.0 Å². The average Bonchev–Trinajstić information content (AvgIpc) is 2.69. The number of nitrogens with one attached hydrogen (secondary N) is 3. The second-order valence-corrected chi connectivity index (χ2v) is 6.99. The van der Waals surface area contributed by atoms with Crippen molar-refractivity contribution in [2.24, 2.45) is 0 Å². The molecular weight excluding hydrogens is 364 g/mol. The molecule has 3 rings (SSSR count). The zero-order valence-electron chi connectivity index (χ0n) is 16.8. The number of carbonyl (C=O) groups is 2. The van der Waals surface area contributed by atoms with Gasteiger partial charge in [0.1, 0.15) is 0 Å². The van der Waals surface area contributed by atoms with E-state index in [2.05, 4.69) is 27.9 Å². The van der Waals surface area contributed by atoms with Crippen LogP contribution in [0.3, 0.4) is 0 Å². The maximum absolute atomic E-state index is 12.4. The maximum atomic E-state index is 12.4. The average molecular weight is 390 g/mol. The van der Waals surface area contributed by atoms with Crippen molar-refractivity contribution < 1.29 is 9.59 Å². The molecule has 0 fully saturated rings. The summed E-state index contributed by atoms with van der Waals surface area (Å²) in [6.45, 7) is 4.00. The predicted octanol–water partition coefficient (Wildman–Crippen LogP) is 5.71. The van der Waals surface area contributed by atoms with Crippen LogP contribution >= 0.6 is 0 Å². The van der Waals surface area contributed by atoms with Gasteiger partial charge in [0, 0.05) is 28.9 Å². The Morgan fingerprint density at radius 1 is 0.897 bits per heavy atom. The molecule has 3 N–H and O–H groups in total. The first-order valence-corrected chi connectivity index (χ1v) is 9.89. The van der Waals surface area contributed by atoms with Gasteiger partial charge in [0.25, 0.3) is 0 Å². The van der Waals surface area contributed by atoms with Gasteiger partial charge in [-0.3, -0.25) is 9.78 Å². The monoisotopic (exact) mass is 390 g/mol. The van der Waals surface area contributed by atoms with Gasteiger partial charge in [0.15, 0.2) is 0 Å². The minimum Gasteiger partial charge on any atom is -0.326 e. The van der Waals surface area contributed by atoms with E-state index >= 15 is 0 Å². The number of aromatic nitrogens is 1. The molecule has 1 aromatic heterocycles. The molecule has 0 atom stereocenters. The van der Waals surface area contributed by atoms with E-state index in [4.69, 9.17) is 0 Å².